The zero-order valence-corrected chi connectivity index (χ0v) is 14.5. The first-order valence-corrected chi connectivity index (χ1v) is 8.22. The van der Waals surface area contributed by atoms with E-state index >= 15 is 0 Å². The Morgan fingerprint density at radius 2 is 1.56 bits per heavy atom. The molecule has 3 aromatic carbocycles. The molecule has 27 heavy (non-hydrogen) atoms. The SMILES string of the molecule is CC(=O)c1cccc(Nc2ccc(C(=O)c3ccccc3)cc2[N+](=O)[O-])c1. The molecular formula is C21H16N2O4. The first-order valence-electron chi connectivity index (χ1n) is 8.22. The maximum absolute atomic E-state index is 12.5. The zero-order valence-electron chi connectivity index (χ0n) is 14.5. The summed E-state index contributed by atoms with van der Waals surface area (Å²) in [4.78, 5) is 35.0. The molecule has 0 atom stereocenters. The molecule has 0 aromatic heterocycles. The number of anilines is 2. The van der Waals surface area contributed by atoms with Crippen molar-refractivity contribution in [2.75, 3.05) is 5.32 Å². The fourth-order valence-corrected chi connectivity index (χ4v) is 2.66. The fraction of sp³-hybridized carbons (Fsp3) is 0.0476. The van der Waals surface area contributed by atoms with Gasteiger partial charge in [-0.05, 0) is 31.2 Å². The van der Waals surface area contributed by atoms with Gasteiger partial charge in [0.25, 0.3) is 5.69 Å². The number of carbonyl (C=O) groups excluding carboxylic acids is 2. The van der Waals surface area contributed by atoms with Crippen LogP contribution in [-0.2, 0) is 0 Å². The summed E-state index contributed by atoms with van der Waals surface area (Å²) in [6, 6.07) is 19.6. The number of carbonyl (C=O) groups is 2. The van der Waals surface area contributed by atoms with Crippen LogP contribution in [-0.4, -0.2) is 16.5 Å². The minimum absolute atomic E-state index is 0.100. The number of Topliss-reactive ketones (excluding diaryl/α,β-unsaturated/α-hetero) is 1. The van der Waals surface area contributed by atoms with Crippen LogP contribution in [0.3, 0.4) is 0 Å². The lowest BCUT2D eigenvalue weighted by atomic mass is 10.0. The van der Waals surface area contributed by atoms with E-state index in [1.54, 1.807) is 60.7 Å². The van der Waals surface area contributed by atoms with Crippen LogP contribution < -0.4 is 5.32 Å². The molecule has 0 aliphatic heterocycles. The van der Waals surface area contributed by atoms with Gasteiger partial charge < -0.3 is 5.32 Å². The molecule has 0 aliphatic rings. The highest BCUT2D eigenvalue weighted by molar-refractivity contribution is 6.09. The highest BCUT2D eigenvalue weighted by Gasteiger charge is 2.19. The van der Waals surface area contributed by atoms with Crippen molar-refractivity contribution in [3.63, 3.8) is 0 Å². The molecule has 0 bridgehead atoms. The van der Waals surface area contributed by atoms with E-state index in [9.17, 15) is 19.7 Å². The lowest BCUT2D eigenvalue weighted by molar-refractivity contribution is -0.383. The van der Waals surface area contributed by atoms with Crippen molar-refractivity contribution >= 4 is 28.6 Å². The number of nitro benzene ring substituents is 1. The molecule has 0 unspecified atom stereocenters. The van der Waals surface area contributed by atoms with Crippen LogP contribution in [0.1, 0.15) is 33.2 Å². The number of ketones is 2. The Hall–Kier alpha value is -3.80. The Morgan fingerprint density at radius 3 is 2.22 bits per heavy atom. The van der Waals surface area contributed by atoms with Crippen LogP contribution in [0.4, 0.5) is 17.1 Å². The Kier molecular flexibility index (Phi) is 5.08. The van der Waals surface area contributed by atoms with Gasteiger partial charge in [0.15, 0.2) is 11.6 Å². The third-order valence-corrected chi connectivity index (χ3v) is 4.04. The highest BCUT2D eigenvalue weighted by atomic mass is 16.6. The Balaban J connectivity index is 1.95. The molecule has 134 valence electrons. The summed E-state index contributed by atoms with van der Waals surface area (Å²) in [6.07, 6.45) is 0. The molecule has 0 heterocycles. The summed E-state index contributed by atoms with van der Waals surface area (Å²) in [5, 5.41) is 14.4. The molecule has 6 heteroatoms. The molecule has 1 N–H and O–H groups in total. The van der Waals surface area contributed by atoms with Crippen LogP contribution in [0.5, 0.6) is 0 Å². The topological polar surface area (TPSA) is 89.3 Å². The van der Waals surface area contributed by atoms with Gasteiger partial charge in [-0.2, -0.15) is 0 Å². The summed E-state index contributed by atoms with van der Waals surface area (Å²) in [6.45, 7) is 1.45. The van der Waals surface area contributed by atoms with Gasteiger partial charge >= 0.3 is 0 Å². The maximum Gasteiger partial charge on any atom is 0.293 e. The second kappa shape index (κ2) is 7.61. The summed E-state index contributed by atoms with van der Waals surface area (Å²) < 4.78 is 0. The quantitative estimate of drug-likeness (QED) is 0.388. The zero-order chi connectivity index (χ0) is 19.4. The fourth-order valence-electron chi connectivity index (χ4n) is 2.66. The molecule has 0 fully saturated rings. The Labute approximate surface area is 155 Å². The van der Waals surface area contributed by atoms with Crippen molar-refractivity contribution in [3.05, 3.63) is 99.6 Å². The molecule has 3 aromatic rings. The van der Waals surface area contributed by atoms with Crippen molar-refractivity contribution in [2.24, 2.45) is 0 Å². The summed E-state index contributed by atoms with van der Waals surface area (Å²) in [5.41, 5.74) is 1.76. The van der Waals surface area contributed by atoms with Crippen LogP contribution in [0.25, 0.3) is 0 Å². The average molecular weight is 360 g/mol. The molecule has 0 aliphatic carbocycles. The van der Waals surface area contributed by atoms with Gasteiger partial charge in [0.2, 0.25) is 0 Å². The van der Waals surface area contributed by atoms with E-state index in [4.69, 9.17) is 0 Å². The van der Waals surface area contributed by atoms with Gasteiger partial charge in [-0.25, -0.2) is 0 Å². The second-order valence-electron chi connectivity index (χ2n) is 5.95. The summed E-state index contributed by atoms with van der Waals surface area (Å²) in [5.74, 6) is -0.388. The van der Waals surface area contributed by atoms with E-state index in [2.05, 4.69) is 5.32 Å². The van der Waals surface area contributed by atoms with E-state index in [0.29, 0.717) is 16.8 Å². The monoisotopic (exact) mass is 360 g/mol. The minimum Gasteiger partial charge on any atom is -0.350 e. The van der Waals surface area contributed by atoms with Gasteiger partial charge in [0, 0.05) is 28.4 Å². The predicted molar refractivity (Wildman–Crippen MR) is 103 cm³/mol. The Bertz CT molecular complexity index is 1030. The molecule has 3 rings (SSSR count). The number of nitro groups is 1. The van der Waals surface area contributed by atoms with E-state index in [-0.39, 0.29) is 28.5 Å². The number of benzene rings is 3. The standard InChI is InChI=1S/C21H16N2O4/c1-14(24)16-8-5-9-18(12-16)22-19-11-10-17(13-20(19)23(26)27)21(25)15-6-3-2-4-7-15/h2-13,22H,1H3. The predicted octanol–water partition coefficient (Wildman–Crippen LogP) is 4.77. The molecule has 6 nitrogen and oxygen atoms in total. The number of hydrogen-bond acceptors (Lipinski definition) is 5. The second-order valence-corrected chi connectivity index (χ2v) is 5.95. The lowest BCUT2D eigenvalue weighted by Gasteiger charge is -2.09. The van der Waals surface area contributed by atoms with Crippen LogP contribution in [0, 0.1) is 10.1 Å². The maximum atomic E-state index is 12.5. The molecule has 0 saturated carbocycles. The van der Waals surface area contributed by atoms with Gasteiger partial charge in [0.05, 0.1) is 4.92 Å². The lowest BCUT2D eigenvalue weighted by Crippen LogP contribution is -2.04. The van der Waals surface area contributed by atoms with Gasteiger partial charge in [-0.3, -0.25) is 19.7 Å². The molecular weight excluding hydrogens is 344 g/mol. The Morgan fingerprint density at radius 1 is 0.852 bits per heavy atom. The van der Waals surface area contributed by atoms with E-state index < -0.39 is 4.92 Å². The first-order chi connectivity index (χ1) is 13.0. The molecule has 0 saturated heterocycles. The van der Waals surface area contributed by atoms with Crippen molar-refractivity contribution < 1.29 is 14.5 Å². The average Bonchev–Trinajstić information content (AvgIpc) is 2.68. The van der Waals surface area contributed by atoms with Crippen LogP contribution >= 0.6 is 0 Å². The molecule has 0 spiro atoms. The number of hydrogen-bond donors (Lipinski definition) is 1. The summed E-state index contributed by atoms with van der Waals surface area (Å²) in [7, 11) is 0. The normalized spacial score (nSPS) is 10.3. The number of nitrogens with zero attached hydrogens (tertiary/aromatic N) is 1. The van der Waals surface area contributed by atoms with Crippen molar-refractivity contribution in [2.45, 2.75) is 6.92 Å². The summed E-state index contributed by atoms with van der Waals surface area (Å²) >= 11 is 0. The third kappa shape index (κ3) is 4.07. The van der Waals surface area contributed by atoms with Gasteiger partial charge in [-0.1, -0.05) is 42.5 Å². The van der Waals surface area contributed by atoms with Crippen LogP contribution in [0.15, 0.2) is 72.8 Å². The number of rotatable bonds is 6. The highest BCUT2D eigenvalue weighted by Crippen LogP contribution is 2.30. The van der Waals surface area contributed by atoms with Crippen molar-refractivity contribution in [3.8, 4) is 0 Å². The van der Waals surface area contributed by atoms with E-state index in [0.717, 1.165) is 0 Å². The third-order valence-electron chi connectivity index (χ3n) is 4.04. The number of nitrogens with one attached hydrogen (secondary N) is 1. The largest absolute Gasteiger partial charge is 0.350 e. The van der Waals surface area contributed by atoms with Gasteiger partial charge in [0.1, 0.15) is 5.69 Å². The van der Waals surface area contributed by atoms with E-state index in [1.807, 2.05) is 0 Å². The smallest absolute Gasteiger partial charge is 0.293 e. The molecule has 0 radical (unpaired) electrons. The van der Waals surface area contributed by atoms with Crippen LogP contribution in [0.2, 0.25) is 0 Å². The van der Waals surface area contributed by atoms with Crippen molar-refractivity contribution in [1.29, 1.82) is 0 Å². The van der Waals surface area contributed by atoms with Gasteiger partial charge in [-0.15, -0.1) is 0 Å². The molecule has 0 amide bonds. The minimum atomic E-state index is -0.543. The van der Waals surface area contributed by atoms with E-state index in [1.165, 1.54) is 19.1 Å². The first kappa shape index (κ1) is 18.0. The van der Waals surface area contributed by atoms with Crippen molar-refractivity contribution in [1.82, 2.24) is 0 Å².